The monoisotopic (exact) mass is 208 g/mol. The van der Waals surface area contributed by atoms with Crippen LogP contribution in [0.2, 0.25) is 0 Å². The fourth-order valence-electron chi connectivity index (χ4n) is 1.12. The molecule has 0 unspecified atom stereocenters. The second-order valence-corrected chi connectivity index (χ2v) is 3.40. The van der Waals surface area contributed by atoms with Crippen molar-refractivity contribution < 1.29 is 9.53 Å². The lowest BCUT2D eigenvalue weighted by atomic mass is 10.3. The van der Waals surface area contributed by atoms with Gasteiger partial charge in [0, 0.05) is 24.5 Å². The van der Waals surface area contributed by atoms with E-state index in [1.807, 2.05) is 12.3 Å². The molecule has 4 heteroatoms. The van der Waals surface area contributed by atoms with Crippen molar-refractivity contribution in [1.82, 2.24) is 4.90 Å². The van der Waals surface area contributed by atoms with E-state index in [9.17, 15) is 4.79 Å². The fraction of sp³-hybridized carbons (Fsp3) is 0.455. The Balaban J connectivity index is 2.07. The second kappa shape index (κ2) is 6.01. The minimum absolute atomic E-state index is 0.317. The quantitative estimate of drug-likeness (QED) is 0.389. The number of nitrogens with zero attached hydrogens (tertiary/aromatic N) is 2. The van der Waals surface area contributed by atoms with Gasteiger partial charge < -0.3 is 9.64 Å². The Hall–Kier alpha value is -1.58. The van der Waals surface area contributed by atoms with Crippen molar-refractivity contribution in [2.45, 2.75) is 13.3 Å². The number of esters is 1. The van der Waals surface area contributed by atoms with Gasteiger partial charge in [-0.2, -0.15) is 0 Å². The maximum atomic E-state index is 11.0. The zero-order valence-electron chi connectivity index (χ0n) is 8.98. The molecule has 0 N–H and O–H groups in total. The van der Waals surface area contributed by atoms with E-state index in [-0.39, 0.29) is 5.97 Å². The lowest BCUT2D eigenvalue weighted by molar-refractivity contribution is -0.139. The van der Waals surface area contributed by atoms with Crippen LogP contribution in [0.25, 0.3) is 0 Å². The molecule has 0 saturated carbocycles. The summed E-state index contributed by atoms with van der Waals surface area (Å²) in [7, 11) is 0. The van der Waals surface area contributed by atoms with Gasteiger partial charge in [0.1, 0.15) is 6.67 Å². The third-order valence-electron chi connectivity index (χ3n) is 1.92. The zero-order valence-corrected chi connectivity index (χ0v) is 8.98. The molecular formula is C11H16N2O2. The Morgan fingerprint density at radius 2 is 2.47 bits per heavy atom. The van der Waals surface area contributed by atoms with Gasteiger partial charge in [-0.3, -0.25) is 4.99 Å². The predicted octanol–water partition coefficient (Wildman–Crippen LogP) is 1.35. The number of carbonyl (C=O) groups is 1. The highest BCUT2D eigenvalue weighted by Gasteiger charge is 2.03. The van der Waals surface area contributed by atoms with E-state index in [0.717, 1.165) is 13.0 Å². The first-order valence-corrected chi connectivity index (χ1v) is 4.93. The van der Waals surface area contributed by atoms with E-state index >= 15 is 0 Å². The highest BCUT2D eigenvalue weighted by molar-refractivity contribution is 5.86. The van der Waals surface area contributed by atoms with Gasteiger partial charge in [0.15, 0.2) is 0 Å². The summed E-state index contributed by atoms with van der Waals surface area (Å²) >= 11 is 0. The molecule has 0 aromatic rings. The predicted molar refractivity (Wildman–Crippen MR) is 59.6 cm³/mol. The number of aliphatic imine (C=N–C) groups is 1. The molecule has 0 aromatic heterocycles. The van der Waals surface area contributed by atoms with Crippen molar-refractivity contribution in [2.75, 3.05) is 19.8 Å². The van der Waals surface area contributed by atoms with Gasteiger partial charge in [0.2, 0.25) is 0 Å². The number of rotatable bonds is 5. The van der Waals surface area contributed by atoms with E-state index in [1.54, 1.807) is 13.1 Å². The average molecular weight is 208 g/mol. The van der Waals surface area contributed by atoms with Crippen LogP contribution in [0.4, 0.5) is 0 Å². The molecule has 0 amide bonds. The average Bonchev–Trinajstić information content (AvgIpc) is 2.25. The molecule has 0 fully saturated rings. The normalized spacial score (nSPS) is 14.1. The van der Waals surface area contributed by atoms with E-state index < -0.39 is 0 Å². The molecular weight excluding hydrogens is 192 g/mol. The molecule has 0 radical (unpaired) electrons. The number of hydrogen-bond acceptors (Lipinski definition) is 4. The number of allylic oxidation sites excluding steroid dienone is 1. The Bertz CT molecular complexity index is 295. The smallest absolute Gasteiger partial charge is 0.333 e. The van der Waals surface area contributed by atoms with Crippen LogP contribution in [0, 0.1) is 0 Å². The van der Waals surface area contributed by atoms with Crippen molar-refractivity contribution in [2.24, 2.45) is 4.99 Å². The van der Waals surface area contributed by atoms with Gasteiger partial charge in [-0.15, -0.1) is 0 Å². The van der Waals surface area contributed by atoms with E-state index in [2.05, 4.69) is 16.5 Å². The number of carbonyl (C=O) groups excluding carboxylic acids is 1. The van der Waals surface area contributed by atoms with Crippen LogP contribution in [0.15, 0.2) is 29.4 Å². The largest absolute Gasteiger partial charge is 0.462 e. The SMILES string of the molecule is C=C(C)C(=O)OCCCN1C=CC=NC1. The van der Waals surface area contributed by atoms with Gasteiger partial charge in [0.05, 0.1) is 6.61 Å². The van der Waals surface area contributed by atoms with Gasteiger partial charge in [-0.05, 0) is 19.4 Å². The zero-order chi connectivity index (χ0) is 11.1. The lowest BCUT2D eigenvalue weighted by Crippen LogP contribution is -2.22. The van der Waals surface area contributed by atoms with E-state index in [1.165, 1.54) is 0 Å². The molecule has 0 aliphatic carbocycles. The molecule has 82 valence electrons. The van der Waals surface area contributed by atoms with Gasteiger partial charge in [-0.25, -0.2) is 4.79 Å². The fourth-order valence-corrected chi connectivity index (χ4v) is 1.12. The van der Waals surface area contributed by atoms with Gasteiger partial charge in [-0.1, -0.05) is 6.58 Å². The van der Waals surface area contributed by atoms with Crippen LogP contribution in [0.3, 0.4) is 0 Å². The molecule has 1 aliphatic rings. The Labute approximate surface area is 89.9 Å². The highest BCUT2D eigenvalue weighted by Crippen LogP contribution is 1.99. The standard InChI is InChI=1S/C11H16N2O2/c1-10(2)11(14)15-8-4-7-13-6-3-5-12-9-13/h3,5-6H,1,4,7-9H2,2H3. The lowest BCUT2D eigenvalue weighted by Gasteiger charge is -2.19. The van der Waals surface area contributed by atoms with Crippen LogP contribution < -0.4 is 0 Å². The van der Waals surface area contributed by atoms with Gasteiger partial charge >= 0.3 is 5.97 Å². The molecule has 1 rings (SSSR count). The van der Waals surface area contributed by atoms with Crippen LogP contribution >= 0.6 is 0 Å². The minimum atomic E-state index is -0.317. The summed E-state index contributed by atoms with van der Waals surface area (Å²) in [6, 6.07) is 0. The summed E-state index contributed by atoms with van der Waals surface area (Å²) in [6.45, 7) is 7.11. The van der Waals surface area contributed by atoms with Gasteiger partial charge in [0.25, 0.3) is 0 Å². The third kappa shape index (κ3) is 4.44. The molecule has 1 aliphatic heterocycles. The minimum Gasteiger partial charge on any atom is -0.462 e. The van der Waals surface area contributed by atoms with Crippen LogP contribution in [-0.2, 0) is 9.53 Å². The second-order valence-electron chi connectivity index (χ2n) is 3.40. The van der Waals surface area contributed by atoms with Crippen molar-refractivity contribution in [3.63, 3.8) is 0 Å². The molecule has 0 bridgehead atoms. The summed E-state index contributed by atoms with van der Waals surface area (Å²) < 4.78 is 4.97. The Kier molecular flexibility index (Phi) is 4.60. The number of ether oxygens (including phenoxy) is 1. The summed E-state index contributed by atoms with van der Waals surface area (Å²) in [6.07, 6.45) is 6.45. The first-order valence-electron chi connectivity index (χ1n) is 4.93. The maximum Gasteiger partial charge on any atom is 0.333 e. The Morgan fingerprint density at radius 1 is 1.67 bits per heavy atom. The first-order chi connectivity index (χ1) is 7.20. The molecule has 1 heterocycles. The summed E-state index contributed by atoms with van der Waals surface area (Å²) in [4.78, 5) is 17.2. The van der Waals surface area contributed by atoms with Crippen LogP contribution in [0.5, 0.6) is 0 Å². The first kappa shape index (κ1) is 11.5. The maximum absolute atomic E-state index is 11.0. The third-order valence-corrected chi connectivity index (χ3v) is 1.92. The topological polar surface area (TPSA) is 41.9 Å². The van der Waals surface area contributed by atoms with Crippen LogP contribution in [-0.4, -0.2) is 36.9 Å². The summed E-state index contributed by atoms with van der Waals surface area (Å²) in [5, 5.41) is 0. The van der Waals surface area contributed by atoms with E-state index in [0.29, 0.717) is 18.8 Å². The van der Waals surface area contributed by atoms with Crippen molar-refractivity contribution >= 4 is 12.2 Å². The van der Waals surface area contributed by atoms with Crippen molar-refractivity contribution in [3.8, 4) is 0 Å². The highest BCUT2D eigenvalue weighted by atomic mass is 16.5. The summed E-state index contributed by atoms with van der Waals surface area (Å²) in [5.74, 6) is -0.317. The number of hydrogen-bond donors (Lipinski definition) is 0. The summed E-state index contributed by atoms with van der Waals surface area (Å²) in [5.41, 5.74) is 0.442. The van der Waals surface area contributed by atoms with Crippen LogP contribution in [0.1, 0.15) is 13.3 Å². The molecule has 4 nitrogen and oxygen atoms in total. The molecule has 0 spiro atoms. The van der Waals surface area contributed by atoms with E-state index in [4.69, 9.17) is 4.74 Å². The van der Waals surface area contributed by atoms with Crippen molar-refractivity contribution in [3.05, 3.63) is 24.4 Å². The van der Waals surface area contributed by atoms with Crippen molar-refractivity contribution in [1.29, 1.82) is 0 Å². The molecule has 15 heavy (non-hydrogen) atoms. The molecule has 0 atom stereocenters. The molecule has 0 aromatic carbocycles. The Morgan fingerprint density at radius 3 is 3.07 bits per heavy atom. The molecule has 0 saturated heterocycles.